The summed E-state index contributed by atoms with van der Waals surface area (Å²) < 4.78 is 26.4. The summed E-state index contributed by atoms with van der Waals surface area (Å²) in [5, 5.41) is 10.1. The first kappa shape index (κ1) is 14.7. The molecule has 0 atom stereocenters. The van der Waals surface area contributed by atoms with Crippen LogP contribution in [0, 0.1) is 0 Å². The minimum Gasteiger partial charge on any atom is -0.477 e. The van der Waals surface area contributed by atoms with Gasteiger partial charge in [0, 0.05) is 11.9 Å². The van der Waals surface area contributed by atoms with E-state index in [1.165, 1.54) is 5.38 Å². The topological polar surface area (TPSA) is 83.5 Å². The summed E-state index contributed by atoms with van der Waals surface area (Å²) in [7, 11) is -3.65. The SMILES string of the molecule is O=C(O)c1cc(S(=O)(=O)NCCc2ccccc2)cs1. The summed E-state index contributed by atoms with van der Waals surface area (Å²) in [6.07, 6.45) is 0.579. The van der Waals surface area contributed by atoms with Crippen LogP contribution < -0.4 is 4.72 Å². The third kappa shape index (κ3) is 3.66. The van der Waals surface area contributed by atoms with E-state index in [1.54, 1.807) is 0 Å². The molecule has 0 bridgehead atoms. The molecule has 0 fully saturated rings. The van der Waals surface area contributed by atoms with Gasteiger partial charge in [-0.1, -0.05) is 30.3 Å². The zero-order valence-corrected chi connectivity index (χ0v) is 12.1. The van der Waals surface area contributed by atoms with E-state index in [0.717, 1.165) is 23.0 Å². The summed E-state index contributed by atoms with van der Waals surface area (Å²) in [5.41, 5.74) is 1.03. The summed E-state index contributed by atoms with van der Waals surface area (Å²) >= 11 is 0.896. The molecule has 0 spiro atoms. The molecule has 2 rings (SSSR count). The molecule has 1 heterocycles. The molecular formula is C13H13NO4S2. The first-order chi connectivity index (χ1) is 9.49. The smallest absolute Gasteiger partial charge is 0.345 e. The summed E-state index contributed by atoms with van der Waals surface area (Å²) in [5.74, 6) is -1.12. The van der Waals surface area contributed by atoms with Gasteiger partial charge in [-0.25, -0.2) is 17.9 Å². The normalized spacial score (nSPS) is 11.4. The van der Waals surface area contributed by atoms with Crippen LogP contribution in [-0.2, 0) is 16.4 Å². The predicted octanol–water partition coefficient (Wildman–Crippen LogP) is 1.97. The Morgan fingerprint density at radius 1 is 1.25 bits per heavy atom. The maximum Gasteiger partial charge on any atom is 0.345 e. The van der Waals surface area contributed by atoms with Crippen molar-refractivity contribution >= 4 is 27.3 Å². The Bertz CT molecular complexity index is 692. The van der Waals surface area contributed by atoms with Crippen molar-refractivity contribution in [1.82, 2.24) is 4.72 Å². The lowest BCUT2D eigenvalue weighted by Crippen LogP contribution is -2.25. The highest BCUT2D eigenvalue weighted by atomic mass is 32.2. The quantitative estimate of drug-likeness (QED) is 0.854. The van der Waals surface area contributed by atoms with Gasteiger partial charge in [-0.05, 0) is 18.1 Å². The van der Waals surface area contributed by atoms with Crippen molar-refractivity contribution in [2.75, 3.05) is 6.54 Å². The Morgan fingerprint density at radius 3 is 2.55 bits per heavy atom. The number of carboxylic acids is 1. The van der Waals surface area contributed by atoms with Crippen LogP contribution in [0.25, 0.3) is 0 Å². The monoisotopic (exact) mass is 311 g/mol. The van der Waals surface area contributed by atoms with E-state index in [2.05, 4.69) is 4.72 Å². The number of aromatic carboxylic acids is 1. The third-order valence-electron chi connectivity index (χ3n) is 2.65. The van der Waals surface area contributed by atoms with Gasteiger partial charge in [-0.15, -0.1) is 11.3 Å². The van der Waals surface area contributed by atoms with Gasteiger partial charge in [-0.2, -0.15) is 0 Å². The molecule has 1 aromatic heterocycles. The highest BCUT2D eigenvalue weighted by Gasteiger charge is 2.17. The van der Waals surface area contributed by atoms with Crippen molar-refractivity contribution < 1.29 is 18.3 Å². The molecule has 2 N–H and O–H groups in total. The lowest BCUT2D eigenvalue weighted by molar-refractivity contribution is 0.0702. The van der Waals surface area contributed by atoms with Crippen LogP contribution in [-0.4, -0.2) is 26.0 Å². The average molecular weight is 311 g/mol. The zero-order valence-electron chi connectivity index (χ0n) is 10.4. The number of thiophene rings is 1. The lowest BCUT2D eigenvalue weighted by Gasteiger charge is -2.04. The number of hydrogen-bond acceptors (Lipinski definition) is 4. The molecule has 1 aromatic carbocycles. The molecule has 0 amide bonds. The van der Waals surface area contributed by atoms with E-state index in [4.69, 9.17) is 5.11 Å². The molecule has 2 aromatic rings. The molecule has 0 radical (unpaired) electrons. The molecule has 0 saturated carbocycles. The number of benzene rings is 1. The second-order valence-electron chi connectivity index (χ2n) is 4.09. The van der Waals surface area contributed by atoms with Crippen LogP contribution >= 0.6 is 11.3 Å². The van der Waals surface area contributed by atoms with Crippen molar-refractivity contribution in [3.63, 3.8) is 0 Å². The Balaban J connectivity index is 1.98. The standard InChI is InChI=1S/C13H13NO4S2/c15-13(16)12-8-11(9-19-12)20(17,18)14-7-6-10-4-2-1-3-5-10/h1-5,8-9,14H,6-7H2,(H,15,16). The van der Waals surface area contributed by atoms with Gasteiger partial charge < -0.3 is 5.11 Å². The molecule has 0 saturated heterocycles. The van der Waals surface area contributed by atoms with Crippen LogP contribution in [0.3, 0.4) is 0 Å². The van der Waals surface area contributed by atoms with Crippen molar-refractivity contribution in [3.05, 3.63) is 52.2 Å². The largest absolute Gasteiger partial charge is 0.477 e. The summed E-state index contributed by atoms with van der Waals surface area (Å²) in [4.78, 5) is 10.7. The van der Waals surface area contributed by atoms with Crippen LogP contribution in [0.15, 0.2) is 46.7 Å². The highest BCUT2D eigenvalue weighted by Crippen LogP contribution is 2.19. The van der Waals surface area contributed by atoms with Gasteiger partial charge in [0.1, 0.15) is 4.88 Å². The summed E-state index contributed by atoms with van der Waals surface area (Å²) in [6, 6.07) is 10.7. The first-order valence-electron chi connectivity index (χ1n) is 5.84. The second kappa shape index (κ2) is 6.17. The van der Waals surface area contributed by atoms with Crippen LogP contribution in [0.2, 0.25) is 0 Å². The fourth-order valence-electron chi connectivity index (χ4n) is 1.63. The van der Waals surface area contributed by atoms with E-state index in [9.17, 15) is 13.2 Å². The summed E-state index contributed by atoms with van der Waals surface area (Å²) in [6.45, 7) is 0.268. The minimum atomic E-state index is -3.65. The highest BCUT2D eigenvalue weighted by molar-refractivity contribution is 7.89. The molecule has 5 nitrogen and oxygen atoms in total. The van der Waals surface area contributed by atoms with Crippen molar-refractivity contribution in [2.45, 2.75) is 11.3 Å². The van der Waals surface area contributed by atoms with E-state index < -0.39 is 16.0 Å². The number of carbonyl (C=O) groups is 1. The van der Waals surface area contributed by atoms with Crippen LogP contribution in [0.5, 0.6) is 0 Å². The van der Waals surface area contributed by atoms with Crippen molar-refractivity contribution in [2.24, 2.45) is 0 Å². The molecule has 7 heteroatoms. The number of hydrogen-bond donors (Lipinski definition) is 2. The fraction of sp³-hybridized carbons (Fsp3) is 0.154. The Morgan fingerprint density at radius 2 is 1.95 bits per heavy atom. The van der Waals surface area contributed by atoms with Gasteiger partial charge >= 0.3 is 5.97 Å². The Kier molecular flexibility index (Phi) is 4.53. The van der Waals surface area contributed by atoms with E-state index >= 15 is 0 Å². The molecule has 0 unspecified atom stereocenters. The molecule has 0 aliphatic carbocycles. The average Bonchev–Trinajstić information content (AvgIpc) is 2.90. The number of nitrogens with one attached hydrogen (secondary N) is 1. The number of carboxylic acid groups (broad SMARTS) is 1. The first-order valence-corrected chi connectivity index (χ1v) is 8.21. The zero-order chi connectivity index (χ0) is 14.6. The maximum absolute atomic E-state index is 12.0. The van der Waals surface area contributed by atoms with Crippen molar-refractivity contribution in [3.8, 4) is 0 Å². The van der Waals surface area contributed by atoms with Gasteiger partial charge in [-0.3, -0.25) is 0 Å². The molecule has 106 valence electrons. The fourth-order valence-corrected chi connectivity index (χ4v) is 3.77. The van der Waals surface area contributed by atoms with Gasteiger partial charge in [0.2, 0.25) is 10.0 Å². The van der Waals surface area contributed by atoms with Gasteiger partial charge in [0.05, 0.1) is 4.90 Å². The lowest BCUT2D eigenvalue weighted by atomic mass is 10.2. The maximum atomic E-state index is 12.0. The second-order valence-corrected chi connectivity index (χ2v) is 6.76. The van der Waals surface area contributed by atoms with E-state index in [-0.39, 0.29) is 16.3 Å². The molecule has 0 aliphatic rings. The molecule has 20 heavy (non-hydrogen) atoms. The molecule has 0 aliphatic heterocycles. The Labute approximate surface area is 120 Å². The predicted molar refractivity (Wildman–Crippen MR) is 76.6 cm³/mol. The molecular weight excluding hydrogens is 298 g/mol. The van der Waals surface area contributed by atoms with Crippen LogP contribution in [0.1, 0.15) is 15.2 Å². The minimum absolute atomic E-state index is 0.00652. The van der Waals surface area contributed by atoms with Gasteiger partial charge in [0.25, 0.3) is 0 Å². The van der Waals surface area contributed by atoms with E-state index in [0.29, 0.717) is 6.42 Å². The van der Waals surface area contributed by atoms with Crippen LogP contribution in [0.4, 0.5) is 0 Å². The van der Waals surface area contributed by atoms with E-state index in [1.807, 2.05) is 30.3 Å². The number of rotatable bonds is 6. The third-order valence-corrected chi connectivity index (χ3v) is 5.15. The van der Waals surface area contributed by atoms with Crippen molar-refractivity contribution in [1.29, 1.82) is 0 Å². The Hall–Kier alpha value is -1.70. The number of sulfonamides is 1. The van der Waals surface area contributed by atoms with Gasteiger partial charge in [0.15, 0.2) is 0 Å².